The maximum absolute atomic E-state index is 13.6. The van der Waals surface area contributed by atoms with E-state index in [0.29, 0.717) is 17.7 Å². The topological polar surface area (TPSA) is 60.2 Å². The van der Waals surface area contributed by atoms with Gasteiger partial charge in [-0.05, 0) is 23.6 Å². The Hall–Kier alpha value is -2.21. The summed E-state index contributed by atoms with van der Waals surface area (Å²) in [6.45, 7) is 4.13. The van der Waals surface area contributed by atoms with Gasteiger partial charge in [-0.3, -0.25) is 0 Å². The molecule has 0 spiro atoms. The molecular weight excluding hydrogens is 264 g/mol. The molecule has 4 nitrogen and oxygen atoms in total. The number of nitrogen functional groups attached to an aromatic ring is 1. The minimum absolute atomic E-state index is 0.278. The maximum Gasteiger partial charge on any atom is 0.258 e. The molecule has 0 saturated carbocycles. The number of hydrogen-bond donors (Lipinski definition) is 2. The molecule has 1 aromatic carbocycles. The Bertz CT molecular complexity index is 600. The van der Waals surface area contributed by atoms with Crippen LogP contribution in [0.2, 0.25) is 0 Å². The number of anilines is 1. The normalized spacial score (nSPS) is 10.7. The van der Waals surface area contributed by atoms with Crippen LogP contribution in [0.3, 0.4) is 0 Å². The molecule has 6 heteroatoms. The predicted molar refractivity (Wildman–Crippen MR) is 72.6 cm³/mol. The van der Waals surface area contributed by atoms with E-state index in [-0.39, 0.29) is 11.7 Å². The van der Waals surface area contributed by atoms with Crippen molar-refractivity contribution in [1.29, 1.82) is 0 Å². The number of nitrogens with zero attached hydrogens (tertiary/aromatic N) is 1. The molecule has 0 atom stereocenters. The number of halogens is 2. The number of pyridine rings is 1. The van der Waals surface area contributed by atoms with Gasteiger partial charge in [-0.2, -0.15) is 4.98 Å². The van der Waals surface area contributed by atoms with Crippen molar-refractivity contribution in [3.8, 4) is 11.6 Å². The molecule has 2 aromatic rings. The van der Waals surface area contributed by atoms with Crippen molar-refractivity contribution in [2.45, 2.75) is 19.8 Å². The summed E-state index contributed by atoms with van der Waals surface area (Å²) in [7, 11) is 0. The highest BCUT2D eigenvalue weighted by Gasteiger charge is 2.13. The lowest BCUT2D eigenvalue weighted by Gasteiger charge is -2.10. The summed E-state index contributed by atoms with van der Waals surface area (Å²) in [4.78, 5) is 3.63. The second kappa shape index (κ2) is 5.83. The van der Waals surface area contributed by atoms with Crippen molar-refractivity contribution in [2.24, 2.45) is 5.84 Å². The SMILES string of the molecule is CC(C)c1ccc(Oc2nc(NN)c(F)cc2F)cc1. The average molecular weight is 279 g/mol. The van der Waals surface area contributed by atoms with E-state index in [1.54, 1.807) is 12.1 Å². The van der Waals surface area contributed by atoms with E-state index >= 15 is 0 Å². The third kappa shape index (κ3) is 3.03. The molecule has 0 unspecified atom stereocenters. The van der Waals surface area contributed by atoms with Crippen LogP contribution in [0, 0.1) is 11.6 Å². The van der Waals surface area contributed by atoms with Gasteiger partial charge in [0.05, 0.1) is 0 Å². The van der Waals surface area contributed by atoms with Crippen molar-refractivity contribution in [3.63, 3.8) is 0 Å². The van der Waals surface area contributed by atoms with Gasteiger partial charge >= 0.3 is 0 Å². The number of aromatic nitrogens is 1. The molecule has 0 aliphatic rings. The van der Waals surface area contributed by atoms with E-state index in [4.69, 9.17) is 10.6 Å². The molecule has 1 heterocycles. The zero-order valence-corrected chi connectivity index (χ0v) is 11.2. The van der Waals surface area contributed by atoms with Gasteiger partial charge in [0.1, 0.15) is 5.75 Å². The standard InChI is InChI=1S/C14H15F2N3O/c1-8(2)9-3-5-10(6-4-9)20-14-12(16)7-11(15)13(18-14)19-17/h3-8H,17H2,1-2H3,(H,18,19). The first-order chi connectivity index (χ1) is 9.51. The zero-order chi connectivity index (χ0) is 14.7. The summed E-state index contributed by atoms with van der Waals surface area (Å²) in [5.74, 6) is 3.49. The van der Waals surface area contributed by atoms with Gasteiger partial charge in [-0.1, -0.05) is 26.0 Å². The summed E-state index contributed by atoms with van der Waals surface area (Å²) >= 11 is 0. The Balaban J connectivity index is 2.25. The van der Waals surface area contributed by atoms with E-state index in [2.05, 4.69) is 18.8 Å². The van der Waals surface area contributed by atoms with Gasteiger partial charge in [-0.15, -0.1) is 0 Å². The first kappa shape index (κ1) is 14.2. The molecule has 106 valence electrons. The molecule has 0 aliphatic carbocycles. The second-order valence-corrected chi connectivity index (χ2v) is 4.58. The highest BCUT2D eigenvalue weighted by molar-refractivity contribution is 5.40. The summed E-state index contributed by atoms with van der Waals surface area (Å²) in [5.41, 5.74) is 3.17. The fraction of sp³-hybridized carbons (Fsp3) is 0.214. The summed E-state index contributed by atoms with van der Waals surface area (Å²) in [6.07, 6.45) is 0. The molecule has 0 saturated heterocycles. The molecule has 2 rings (SSSR count). The first-order valence-corrected chi connectivity index (χ1v) is 6.11. The number of ether oxygens (including phenoxy) is 1. The monoisotopic (exact) mass is 279 g/mol. The van der Waals surface area contributed by atoms with Gasteiger partial charge < -0.3 is 10.2 Å². The van der Waals surface area contributed by atoms with Crippen LogP contribution in [-0.2, 0) is 0 Å². The third-order valence-electron chi connectivity index (χ3n) is 2.80. The number of nitrogens with two attached hydrogens (primary N) is 1. The molecule has 0 aliphatic heterocycles. The number of hydrazine groups is 1. The fourth-order valence-corrected chi connectivity index (χ4v) is 1.65. The van der Waals surface area contributed by atoms with Crippen molar-refractivity contribution in [2.75, 3.05) is 5.43 Å². The van der Waals surface area contributed by atoms with Crippen LogP contribution in [0.5, 0.6) is 11.6 Å². The molecule has 3 N–H and O–H groups in total. The van der Waals surface area contributed by atoms with Crippen LogP contribution in [-0.4, -0.2) is 4.98 Å². The fourth-order valence-electron chi connectivity index (χ4n) is 1.65. The Morgan fingerprint density at radius 1 is 1.15 bits per heavy atom. The Morgan fingerprint density at radius 3 is 2.35 bits per heavy atom. The van der Waals surface area contributed by atoms with Crippen LogP contribution >= 0.6 is 0 Å². The largest absolute Gasteiger partial charge is 0.436 e. The smallest absolute Gasteiger partial charge is 0.258 e. The van der Waals surface area contributed by atoms with Crippen LogP contribution in [0.25, 0.3) is 0 Å². The van der Waals surface area contributed by atoms with E-state index in [0.717, 1.165) is 5.56 Å². The second-order valence-electron chi connectivity index (χ2n) is 4.58. The number of nitrogens with one attached hydrogen (secondary N) is 1. The van der Waals surface area contributed by atoms with E-state index in [9.17, 15) is 8.78 Å². The lowest BCUT2D eigenvalue weighted by Crippen LogP contribution is -2.11. The lowest BCUT2D eigenvalue weighted by atomic mass is 10.0. The van der Waals surface area contributed by atoms with Gasteiger partial charge in [0.15, 0.2) is 17.5 Å². The first-order valence-electron chi connectivity index (χ1n) is 6.11. The highest BCUT2D eigenvalue weighted by Crippen LogP contribution is 2.26. The molecule has 20 heavy (non-hydrogen) atoms. The van der Waals surface area contributed by atoms with Crippen molar-refractivity contribution >= 4 is 5.82 Å². The van der Waals surface area contributed by atoms with Gasteiger partial charge in [0.25, 0.3) is 5.88 Å². The summed E-state index contributed by atoms with van der Waals surface area (Å²) in [6, 6.07) is 7.83. The van der Waals surface area contributed by atoms with Crippen LogP contribution < -0.4 is 16.0 Å². The Morgan fingerprint density at radius 2 is 1.80 bits per heavy atom. The maximum atomic E-state index is 13.6. The average Bonchev–Trinajstić information content (AvgIpc) is 2.42. The molecular formula is C14H15F2N3O. The Labute approximate surface area is 115 Å². The minimum Gasteiger partial charge on any atom is -0.436 e. The molecule has 0 fully saturated rings. The minimum atomic E-state index is -0.894. The van der Waals surface area contributed by atoms with Gasteiger partial charge in [0, 0.05) is 6.07 Å². The quantitative estimate of drug-likeness (QED) is 0.663. The number of benzene rings is 1. The van der Waals surface area contributed by atoms with Crippen molar-refractivity contribution < 1.29 is 13.5 Å². The van der Waals surface area contributed by atoms with E-state index in [1.807, 2.05) is 17.6 Å². The van der Waals surface area contributed by atoms with Crippen LogP contribution in [0.4, 0.5) is 14.6 Å². The van der Waals surface area contributed by atoms with Crippen molar-refractivity contribution in [3.05, 3.63) is 47.5 Å². The lowest BCUT2D eigenvalue weighted by molar-refractivity contribution is 0.418. The van der Waals surface area contributed by atoms with Crippen molar-refractivity contribution in [1.82, 2.24) is 4.98 Å². The zero-order valence-electron chi connectivity index (χ0n) is 11.2. The van der Waals surface area contributed by atoms with E-state index < -0.39 is 11.6 Å². The molecule has 0 amide bonds. The highest BCUT2D eigenvalue weighted by atomic mass is 19.1. The summed E-state index contributed by atoms with van der Waals surface area (Å²) in [5, 5.41) is 0. The Kier molecular flexibility index (Phi) is 4.14. The number of rotatable bonds is 4. The van der Waals surface area contributed by atoms with Gasteiger partial charge in [0.2, 0.25) is 0 Å². The molecule has 0 bridgehead atoms. The van der Waals surface area contributed by atoms with Crippen LogP contribution in [0.15, 0.2) is 30.3 Å². The third-order valence-corrected chi connectivity index (χ3v) is 2.80. The van der Waals surface area contributed by atoms with Gasteiger partial charge in [-0.25, -0.2) is 14.6 Å². The summed E-state index contributed by atoms with van der Waals surface area (Å²) < 4.78 is 32.1. The number of hydrogen-bond acceptors (Lipinski definition) is 4. The predicted octanol–water partition coefficient (Wildman–Crippen LogP) is 3.56. The van der Waals surface area contributed by atoms with E-state index in [1.165, 1.54) is 0 Å². The van der Waals surface area contributed by atoms with Crippen LogP contribution in [0.1, 0.15) is 25.3 Å². The molecule has 1 aromatic heterocycles. The molecule has 0 radical (unpaired) electrons.